The molecule has 0 saturated carbocycles. The zero-order valence-electron chi connectivity index (χ0n) is 19.7. The molecule has 0 aliphatic heterocycles. The highest BCUT2D eigenvalue weighted by molar-refractivity contribution is 6.34. The molecule has 0 heterocycles. The van der Waals surface area contributed by atoms with Crippen LogP contribution in [0.1, 0.15) is 33.4 Å². The Labute approximate surface area is 202 Å². The van der Waals surface area contributed by atoms with Crippen molar-refractivity contribution in [1.29, 1.82) is 0 Å². The number of hydrogen-bond donors (Lipinski definition) is 0. The van der Waals surface area contributed by atoms with Crippen molar-refractivity contribution in [2.45, 2.75) is 27.7 Å². The van der Waals surface area contributed by atoms with Crippen molar-refractivity contribution >= 4 is 39.9 Å². The lowest BCUT2D eigenvalue weighted by molar-refractivity contribution is 1.46. The summed E-state index contributed by atoms with van der Waals surface area (Å²) in [7, 11) is 17.6. The molecule has 6 radical (unpaired) electrons. The first-order valence-electron chi connectivity index (χ1n) is 10.9. The standard InChI is InChI=1S/C16H12B2.C14H13B/c1-11-3-5-13(9-15(11)17)7-8-14-6-4-12(2)16(18)10-14;1-10-3-6-12(7-4-10)13-8-5-11(2)14(15)9-13/h3-6,9-10H,1-2H3;3-9H,1-2H3. The van der Waals surface area contributed by atoms with Crippen LogP contribution >= 0.6 is 0 Å². The summed E-state index contributed by atoms with van der Waals surface area (Å²) in [6, 6.07) is 26.3. The minimum absolute atomic E-state index is 0.769. The third-order valence-electron chi connectivity index (χ3n) is 5.57. The second-order valence-electron chi connectivity index (χ2n) is 8.33. The highest BCUT2D eigenvalue weighted by Gasteiger charge is 1.99. The SMILES string of the molecule is [B]c1cc(-c2ccc(C)cc2)ccc1C.[B]c1cc(C#Cc2ccc(C)c([B])c2)ccc1C. The minimum atomic E-state index is 0.769. The molecular formula is C30H25B3. The molecule has 0 N–H and O–H groups in total. The number of benzene rings is 4. The van der Waals surface area contributed by atoms with Gasteiger partial charge in [-0.2, -0.15) is 0 Å². The predicted molar refractivity (Wildman–Crippen MR) is 146 cm³/mol. The molecule has 4 rings (SSSR count). The second-order valence-corrected chi connectivity index (χ2v) is 8.33. The highest BCUT2D eigenvalue weighted by atomic mass is 14.0. The van der Waals surface area contributed by atoms with Gasteiger partial charge in [-0.1, -0.05) is 117 Å². The van der Waals surface area contributed by atoms with E-state index in [1.54, 1.807) is 0 Å². The van der Waals surface area contributed by atoms with Crippen LogP contribution in [0.15, 0.2) is 78.9 Å². The molecule has 0 fully saturated rings. The molecule has 0 amide bonds. The van der Waals surface area contributed by atoms with Gasteiger partial charge in [-0.3, -0.25) is 0 Å². The molecule has 0 aliphatic rings. The average molecular weight is 418 g/mol. The maximum absolute atomic E-state index is 5.89. The van der Waals surface area contributed by atoms with Gasteiger partial charge in [-0.25, -0.2) is 0 Å². The fourth-order valence-electron chi connectivity index (χ4n) is 3.15. The summed E-state index contributed by atoms with van der Waals surface area (Å²) in [6.45, 7) is 8.07. The largest absolute Gasteiger partial charge is 0.114 e. The summed E-state index contributed by atoms with van der Waals surface area (Å²) < 4.78 is 0. The highest BCUT2D eigenvalue weighted by Crippen LogP contribution is 2.18. The van der Waals surface area contributed by atoms with Crippen molar-refractivity contribution in [3.63, 3.8) is 0 Å². The maximum Gasteiger partial charge on any atom is 0.114 e. The first-order chi connectivity index (χ1) is 15.7. The Morgan fingerprint density at radius 1 is 0.455 bits per heavy atom. The zero-order valence-corrected chi connectivity index (χ0v) is 19.7. The van der Waals surface area contributed by atoms with Crippen molar-refractivity contribution < 1.29 is 0 Å². The molecular weight excluding hydrogens is 393 g/mol. The molecule has 0 aliphatic carbocycles. The maximum atomic E-state index is 5.89. The fraction of sp³-hybridized carbons (Fsp3) is 0.133. The van der Waals surface area contributed by atoms with Gasteiger partial charge in [-0.15, -0.1) is 0 Å². The van der Waals surface area contributed by atoms with Gasteiger partial charge in [0.2, 0.25) is 0 Å². The van der Waals surface area contributed by atoms with Crippen molar-refractivity contribution in [1.82, 2.24) is 0 Å². The average Bonchev–Trinajstić information content (AvgIpc) is 2.80. The third kappa shape index (κ3) is 6.81. The molecule has 0 spiro atoms. The molecule has 4 aromatic carbocycles. The third-order valence-corrected chi connectivity index (χ3v) is 5.57. The Kier molecular flexibility index (Phi) is 8.08. The molecule has 0 nitrogen and oxygen atoms in total. The van der Waals surface area contributed by atoms with Gasteiger partial charge >= 0.3 is 0 Å². The van der Waals surface area contributed by atoms with Crippen LogP contribution in [0.5, 0.6) is 0 Å². The van der Waals surface area contributed by atoms with Gasteiger partial charge in [0.1, 0.15) is 23.5 Å². The van der Waals surface area contributed by atoms with Crippen molar-refractivity contribution in [2.75, 3.05) is 0 Å². The van der Waals surface area contributed by atoms with E-state index in [4.69, 9.17) is 23.5 Å². The monoisotopic (exact) mass is 418 g/mol. The van der Waals surface area contributed by atoms with E-state index in [2.05, 4.69) is 55.2 Å². The quantitative estimate of drug-likeness (QED) is 0.324. The molecule has 33 heavy (non-hydrogen) atoms. The molecule has 154 valence electrons. The van der Waals surface area contributed by atoms with E-state index >= 15 is 0 Å². The lowest BCUT2D eigenvalue weighted by atomic mass is 9.88. The Morgan fingerprint density at radius 3 is 1.27 bits per heavy atom. The molecule has 0 unspecified atom stereocenters. The Morgan fingerprint density at radius 2 is 0.848 bits per heavy atom. The molecule has 0 atom stereocenters. The van der Waals surface area contributed by atoms with E-state index in [1.165, 1.54) is 16.7 Å². The minimum Gasteiger partial charge on any atom is -0.0932 e. The Balaban J connectivity index is 0.000000189. The van der Waals surface area contributed by atoms with Gasteiger partial charge in [0, 0.05) is 11.1 Å². The molecule has 0 aromatic heterocycles. The van der Waals surface area contributed by atoms with Gasteiger partial charge < -0.3 is 0 Å². The molecule has 0 bridgehead atoms. The number of hydrogen-bond acceptors (Lipinski definition) is 0. The number of rotatable bonds is 1. The van der Waals surface area contributed by atoms with E-state index < -0.39 is 0 Å². The smallest absolute Gasteiger partial charge is 0.0932 e. The topological polar surface area (TPSA) is 0 Å². The van der Waals surface area contributed by atoms with Gasteiger partial charge in [0.15, 0.2) is 0 Å². The summed E-state index contributed by atoms with van der Waals surface area (Å²) in [5, 5.41) is 0. The first kappa shape index (κ1) is 24.3. The summed E-state index contributed by atoms with van der Waals surface area (Å²) >= 11 is 0. The molecule has 4 aromatic rings. The summed E-state index contributed by atoms with van der Waals surface area (Å²) in [5.74, 6) is 6.18. The van der Waals surface area contributed by atoms with Gasteiger partial charge in [0.25, 0.3) is 0 Å². The van der Waals surface area contributed by atoms with Crippen molar-refractivity contribution in [3.05, 3.63) is 112 Å². The van der Waals surface area contributed by atoms with Crippen LogP contribution in [-0.4, -0.2) is 23.5 Å². The zero-order chi connectivity index (χ0) is 24.0. The van der Waals surface area contributed by atoms with Crippen LogP contribution < -0.4 is 16.4 Å². The van der Waals surface area contributed by atoms with Crippen molar-refractivity contribution in [2.24, 2.45) is 0 Å². The summed E-state index contributed by atoms with van der Waals surface area (Å²) in [6.07, 6.45) is 0. The van der Waals surface area contributed by atoms with E-state index in [9.17, 15) is 0 Å². The van der Waals surface area contributed by atoms with Crippen molar-refractivity contribution in [3.8, 4) is 23.0 Å². The van der Waals surface area contributed by atoms with E-state index in [1.807, 2.05) is 63.2 Å². The van der Waals surface area contributed by atoms with Gasteiger partial charge in [0.05, 0.1) is 0 Å². The summed E-state index contributed by atoms with van der Waals surface area (Å²) in [5.41, 5.74) is 11.2. The van der Waals surface area contributed by atoms with E-state index in [0.717, 1.165) is 44.2 Å². The second kappa shape index (κ2) is 11.0. The van der Waals surface area contributed by atoms with Crippen LogP contribution in [0.3, 0.4) is 0 Å². The molecule has 3 heteroatoms. The van der Waals surface area contributed by atoms with E-state index in [0.29, 0.717) is 0 Å². The lowest BCUT2D eigenvalue weighted by Crippen LogP contribution is -2.07. The van der Waals surface area contributed by atoms with Crippen LogP contribution in [0.4, 0.5) is 0 Å². The Bertz CT molecular complexity index is 1270. The van der Waals surface area contributed by atoms with Crippen LogP contribution in [0.2, 0.25) is 0 Å². The Hall–Kier alpha value is -3.37. The van der Waals surface area contributed by atoms with Crippen LogP contribution in [0, 0.1) is 39.5 Å². The molecule has 0 saturated heterocycles. The predicted octanol–water partition coefficient (Wildman–Crippen LogP) is 4.06. The summed E-state index contributed by atoms with van der Waals surface area (Å²) in [4.78, 5) is 0. The van der Waals surface area contributed by atoms with Gasteiger partial charge in [-0.05, 0) is 51.0 Å². The first-order valence-corrected chi connectivity index (χ1v) is 10.9. The van der Waals surface area contributed by atoms with Crippen LogP contribution in [0.25, 0.3) is 11.1 Å². The fourth-order valence-corrected chi connectivity index (χ4v) is 3.15. The lowest BCUT2D eigenvalue weighted by Gasteiger charge is -2.06. The normalized spacial score (nSPS) is 9.94. The van der Waals surface area contributed by atoms with E-state index in [-0.39, 0.29) is 0 Å². The number of aryl methyl sites for hydroxylation is 4. The van der Waals surface area contributed by atoms with Crippen LogP contribution in [-0.2, 0) is 0 Å².